The van der Waals surface area contributed by atoms with Crippen molar-refractivity contribution in [2.75, 3.05) is 4.90 Å². The molecule has 2 heteroatoms. The van der Waals surface area contributed by atoms with Gasteiger partial charge in [-0.05, 0) is 89.9 Å². The lowest BCUT2D eigenvalue weighted by Gasteiger charge is -2.27. The van der Waals surface area contributed by atoms with E-state index in [0.29, 0.717) is 0 Å². The van der Waals surface area contributed by atoms with Crippen LogP contribution in [0, 0.1) is 19.3 Å². The molecule has 0 aliphatic heterocycles. The third-order valence-corrected chi connectivity index (χ3v) is 7.28. The molecule has 0 fully saturated rings. The highest BCUT2D eigenvalue weighted by molar-refractivity contribution is 7.99. The van der Waals surface area contributed by atoms with Gasteiger partial charge in [-0.1, -0.05) is 102 Å². The van der Waals surface area contributed by atoms with Gasteiger partial charge >= 0.3 is 0 Å². The van der Waals surface area contributed by atoms with Gasteiger partial charge in [0, 0.05) is 27.4 Å². The number of aryl methyl sites for hydroxylation is 2. The second kappa shape index (κ2) is 11.4. The average molecular weight is 496 g/mol. The van der Waals surface area contributed by atoms with Gasteiger partial charge in [-0.3, -0.25) is 0 Å². The molecule has 1 nitrogen and oxygen atoms in total. The average Bonchev–Trinajstić information content (AvgIpc) is 2.80. The molecule has 0 aliphatic rings. The molecule has 0 N–H and O–H groups in total. The third kappa shape index (κ3) is 7.27. The minimum atomic E-state index is 0.0238. The standard InChI is InChI=1S/C34H41NS/c1-10-11-27(33(4,5)6)22-23-35(32-21-14-28(24-26(32)3)34(7,8)9)29-15-19-31(20-16-29)36-30-17-12-25(2)13-18-30/h10-24H,1H2,2-9H3/b23-22-,27-11+. The van der Waals surface area contributed by atoms with Gasteiger partial charge < -0.3 is 4.90 Å². The third-order valence-electron chi connectivity index (χ3n) is 6.26. The molecular weight excluding hydrogens is 454 g/mol. The van der Waals surface area contributed by atoms with E-state index in [1.807, 2.05) is 6.08 Å². The summed E-state index contributed by atoms with van der Waals surface area (Å²) in [7, 11) is 0. The van der Waals surface area contributed by atoms with Crippen LogP contribution in [-0.2, 0) is 5.41 Å². The van der Waals surface area contributed by atoms with Crippen molar-refractivity contribution >= 4 is 23.1 Å². The van der Waals surface area contributed by atoms with Crippen LogP contribution in [0.2, 0.25) is 0 Å². The Kier molecular flexibility index (Phi) is 8.74. The molecule has 0 bridgehead atoms. The minimum absolute atomic E-state index is 0.0238. The van der Waals surface area contributed by atoms with Crippen molar-refractivity contribution in [1.82, 2.24) is 0 Å². The molecule has 3 aromatic carbocycles. The molecule has 188 valence electrons. The zero-order valence-corrected chi connectivity index (χ0v) is 24.0. The number of benzene rings is 3. The van der Waals surface area contributed by atoms with Crippen molar-refractivity contribution in [2.45, 2.75) is 70.6 Å². The van der Waals surface area contributed by atoms with Crippen molar-refractivity contribution < 1.29 is 0 Å². The first-order valence-corrected chi connectivity index (χ1v) is 13.5. The topological polar surface area (TPSA) is 3.24 Å². The van der Waals surface area contributed by atoms with Crippen LogP contribution in [0.1, 0.15) is 58.2 Å². The fourth-order valence-electron chi connectivity index (χ4n) is 3.95. The summed E-state index contributed by atoms with van der Waals surface area (Å²) in [6.45, 7) is 21.7. The van der Waals surface area contributed by atoms with Crippen molar-refractivity contribution in [2.24, 2.45) is 5.41 Å². The molecule has 0 aromatic heterocycles. The molecule has 0 saturated heterocycles. The van der Waals surface area contributed by atoms with Gasteiger partial charge in [-0.15, -0.1) is 0 Å². The van der Waals surface area contributed by atoms with Crippen LogP contribution in [0.3, 0.4) is 0 Å². The molecule has 0 spiro atoms. The monoisotopic (exact) mass is 495 g/mol. The van der Waals surface area contributed by atoms with Crippen molar-refractivity contribution in [3.05, 3.63) is 120 Å². The number of allylic oxidation sites excluding steroid dienone is 4. The lowest BCUT2D eigenvalue weighted by atomic mass is 9.85. The van der Waals surface area contributed by atoms with Crippen LogP contribution in [0.25, 0.3) is 0 Å². The highest BCUT2D eigenvalue weighted by Gasteiger charge is 2.18. The van der Waals surface area contributed by atoms with E-state index >= 15 is 0 Å². The summed E-state index contributed by atoms with van der Waals surface area (Å²) in [5.41, 5.74) is 7.59. The van der Waals surface area contributed by atoms with Gasteiger partial charge in [-0.2, -0.15) is 0 Å². The Morgan fingerprint density at radius 3 is 1.89 bits per heavy atom. The Balaban J connectivity index is 2.01. The predicted molar refractivity (Wildman–Crippen MR) is 161 cm³/mol. The van der Waals surface area contributed by atoms with Crippen LogP contribution < -0.4 is 4.90 Å². The van der Waals surface area contributed by atoms with E-state index < -0.39 is 0 Å². The Morgan fingerprint density at radius 1 is 0.806 bits per heavy atom. The largest absolute Gasteiger partial charge is 0.317 e. The van der Waals surface area contributed by atoms with E-state index in [1.165, 1.54) is 37.7 Å². The highest BCUT2D eigenvalue weighted by Crippen LogP contribution is 2.36. The summed E-state index contributed by atoms with van der Waals surface area (Å²) in [6, 6.07) is 24.4. The molecule has 0 unspecified atom stereocenters. The Bertz CT molecular complexity index is 1230. The van der Waals surface area contributed by atoms with Gasteiger partial charge in [0.2, 0.25) is 0 Å². The molecule has 0 atom stereocenters. The summed E-state index contributed by atoms with van der Waals surface area (Å²) in [4.78, 5) is 4.78. The van der Waals surface area contributed by atoms with Gasteiger partial charge in [0.1, 0.15) is 0 Å². The first kappa shape index (κ1) is 27.6. The maximum Gasteiger partial charge on any atom is 0.0484 e. The van der Waals surface area contributed by atoms with Gasteiger partial charge in [-0.25, -0.2) is 0 Å². The van der Waals surface area contributed by atoms with Crippen molar-refractivity contribution in [3.8, 4) is 0 Å². The van der Waals surface area contributed by atoms with E-state index in [-0.39, 0.29) is 10.8 Å². The summed E-state index contributed by atoms with van der Waals surface area (Å²) in [6.07, 6.45) is 8.39. The normalized spacial score (nSPS) is 12.7. The maximum atomic E-state index is 3.93. The number of anilines is 2. The molecule has 36 heavy (non-hydrogen) atoms. The van der Waals surface area contributed by atoms with Crippen LogP contribution >= 0.6 is 11.8 Å². The number of hydrogen-bond acceptors (Lipinski definition) is 2. The zero-order valence-electron chi connectivity index (χ0n) is 23.2. The summed E-state index contributed by atoms with van der Waals surface area (Å²) >= 11 is 1.79. The van der Waals surface area contributed by atoms with E-state index in [2.05, 4.69) is 152 Å². The lowest BCUT2D eigenvalue weighted by molar-refractivity contribution is 0.517. The molecule has 0 amide bonds. The molecule has 0 aliphatic carbocycles. The maximum absolute atomic E-state index is 3.93. The van der Waals surface area contributed by atoms with Gasteiger partial charge in [0.15, 0.2) is 0 Å². The molecular formula is C34H41NS. The van der Waals surface area contributed by atoms with Crippen molar-refractivity contribution in [3.63, 3.8) is 0 Å². The van der Waals surface area contributed by atoms with Crippen molar-refractivity contribution in [1.29, 1.82) is 0 Å². The highest BCUT2D eigenvalue weighted by atomic mass is 32.2. The van der Waals surface area contributed by atoms with Crippen LogP contribution in [0.15, 0.2) is 113 Å². The molecule has 0 radical (unpaired) electrons. The Labute approximate surface area is 223 Å². The second-order valence-corrected chi connectivity index (χ2v) is 12.6. The Morgan fingerprint density at radius 2 is 1.39 bits per heavy atom. The second-order valence-electron chi connectivity index (χ2n) is 11.5. The quantitative estimate of drug-likeness (QED) is 0.300. The van der Waals surface area contributed by atoms with Gasteiger partial charge in [0.25, 0.3) is 0 Å². The summed E-state index contributed by atoms with van der Waals surface area (Å²) < 4.78 is 0. The first-order chi connectivity index (χ1) is 16.9. The number of rotatable bonds is 7. The predicted octanol–water partition coefficient (Wildman–Crippen LogP) is 10.6. The van der Waals surface area contributed by atoms with Crippen LogP contribution in [0.4, 0.5) is 11.4 Å². The summed E-state index contributed by atoms with van der Waals surface area (Å²) in [5, 5.41) is 0. The smallest absolute Gasteiger partial charge is 0.0484 e. The molecule has 3 rings (SSSR count). The number of nitrogens with zero attached hydrogens (tertiary/aromatic N) is 1. The van der Waals surface area contributed by atoms with E-state index in [0.717, 1.165) is 5.69 Å². The zero-order chi connectivity index (χ0) is 26.5. The Hall–Kier alpha value is -2.97. The molecule has 3 aromatic rings. The fourth-order valence-corrected chi connectivity index (χ4v) is 4.77. The van der Waals surface area contributed by atoms with E-state index in [1.54, 1.807) is 11.8 Å². The van der Waals surface area contributed by atoms with Crippen LogP contribution in [0.5, 0.6) is 0 Å². The van der Waals surface area contributed by atoms with Gasteiger partial charge in [0.05, 0.1) is 0 Å². The molecule has 0 saturated carbocycles. The van der Waals surface area contributed by atoms with E-state index in [9.17, 15) is 0 Å². The van der Waals surface area contributed by atoms with Crippen LogP contribution in [-0.4, -0.2) is 0 Å². The lowest BCUT2D eigenvalue weighted by Crippen LogP contribution is -2.15. The van der Waals surface area contributed by atoms with E-state index in [4.69, 9.17) is 0 Å². The number of hydrogen-bond donors (Lipinski definition) is 0. The first-order valence-electron chi connectivity index (χ1n) is 12.6. The minimum Gasteiger partial charge on any atom is -0.317 e. The SMILES string of the molecule is C=C/C=C(\C=C/N(c1ccc(Sc2ccc(C)cc2)cc1)c1ccc(C(C)(C)C)cc1C)C(C)(C)C. The molecule has 0 heterocycles. The fraction of sp³-hybridized carbons (Fsp3) is 0.294. The summed E-state index contributed by atoms with van der Waals surface area (Å²) in [5.74, 6) is 0.